The van der Waals surface area contributed by atoms with Crippen LogP contribution in [-0.4, -0.2) is 9.97 Å². The average molecular weight is 575 g/mol. The van der Waals surface area contributed by atoms with Gasteiger partial charge in [-0.05, 0) is 56.6 Å². The van der Waals surface area contributed by atoms with E-state index in [1.54, 1.807) is 0 Å². The van der Waals surface area contributed by atoms with E-state index < -0.39 is 0 Å². The van der Waals surface area contributed by atoms with Gasteiger partial charge in [-0.1, -0.05) is 164 Å². The third-order valence-electron chi connectivity index (χ3n) is 8.53. The van der Waals surface area contributed by atoms with Gasteiger partial charge >= 0.3 is 0 Å². The minimum absolute atomic E-state index is 0.714. The van der Waals surface area contributed by atoms with Crippen molar-refractivity contribution < 1.29 is 0 Å². The summed E-state index contributed by atoms with van der Waals surface area (Å²) in [6, 6.07) is 53.4. The van der Waals surface area contributed by atoms with E-state index in [9.17, 15) is 0 Å². The summed E-state index contributed by atoms with van der Waals surface area (Å²) in [5.41, 5.74) is 12.2. The highest BCUT2D eigenvalue weighted by Crippen LogP contribution is 2.40. The molecule has 2 nitrogen and oxygen atoms in total. The quantitative estimate of drug-likeness (QED) is 0.204. The zero-order chi connectivity index (χ0) is 30.0. The monoisotopic (exact) mass is 574 g/mol. The Bertz CT molecular complexity index is 2210. The summed E-state index contributed by atoms with van der Waals surface area (Å²) in [7, 11) is 0. The van der Waals surface area contributed by atoms with E-state index in [1.807, 2.05) is 18.2 Å². The molecule has 1 heterocycles. The van der Waals surface area contributed by atoms with Gasteiger partial charge < -0.3 is 0 Å². The lowest BCUT2D eigenvalue weighted by Gasteiger charge is -2.18. The molecule has 0 N–H and O–H groups in total. The van der Waals surface area contributed by atoms with Gasteiger partial charge in [0.05, 0.1) is 11.4 Å². The Morgan fingerprint density at radius 3 is 1.73 bits per heavy atom. The highest BCUT2D eigenvalue weighted by molar-refractivity contribution is 6.05. The molecule has 0 unspecified atom stereocenters. The Morgan fingerprint density at radius 1 is 0.444 bits per heavy atom. The highest BCUT2D eigenvalue weighted by Gasteiger charge is 2.20. The van der Waals surface area contributed by atoms with Crippen molar-refractivity contribution in [1.29, 1.82) is 0 Å². The lowest BCUT2D eigenvalue weighted by Crippen LogP contribution is -2.00. The molecule has 0 amide bonds. The molecule has 0 saturated carbocycles. The third kappa shape index (κ3) is 5.07. The van der Waals surface area contributed by atoms with Crippen molar-refractivity contribution in [3.63, 3.8) is 0 Å². The van der Waals surface area contributed by atoms with Crippen LogP contribution in [0.4, 0.5) is 0 Å². The first kappa shape index (κ1) is 26.7. The molecular weight excluding hydrogens is 544 g/mol. The number of hydrogen-bond donors (Lipinski definition) is 0. The van der Waals surface area contributed by atoms with Crippen LogP contribution < -0.4 is 0 Å². The smallest absolute Gasteiger partial charge is 0.160 e. The van der Waals surface area contributed by atoms with Gasteiger partial charge in [0.25, 0.3) is 0 Å². The van der Waals surface area contributed by atoms with Crippen molar-refractivity contribution in [2.24, 2.45) is 0 Å². The predicted molar refractivity (Wildman–Crippen MR) is 188 cm³/mol. The second-order valence-electron chi connectivity index (χ2n) is 11.3. The zero-order valence-corrected chi connectivity index (χ0v) is 24.8. The molecule has 212 valence electrons. The van der Waals surface area contributed by atoms with E-state index in [-0.39, 0.29) is 0 Å². The van der Waals surface area contributed by atoms with Crippen LogP contribution in [0.25, 0.3) is 67.5 Å². The lowest BCUT2D eigenvalue weighted by atomic mass is 9.88. The number of nitrogens with zero attached hydrogens (tertiary/aromatic N) is 2. The molecule has 0 radical (unpaired) electrons. The maximum Gasteiger partial charge on any atom is 0.160 e. The van der Waals surface area contributed by atoms with Gasteiger partial charge in [0.2, 0.25) is 0 Å². The predicted octanol–water partition coefficient (Wildman–Crippen LogP) is 11.1. The van der Waals surface area contributed by atoms with Gasteiger partial charge in [-0.2, -0.15) is 0 Å². The molecule has 1 aromatic heterocycles. The minimum atomic E-state index is 0.714. The number of allylic oxidation sites excluding steroid dienone is 2. The molecule has 1 aliphatic rings. The Morgan fingerprint density at radius 2 is 1.02 bits per heavy atom. The van der Waals surface area contributed by atoms with E-state index in [4.69, 9.17) is 9.97 Å². The molecule has 0 aliphatic heterocycles. The summed E-state index contributed by atoms with van der Waals surface area (Å²) >= 11 is 0. The SMILES string of the molecule is C1=Cc2cccc(-c3cc(-c4ccc(-c5ccccc5)c5ccccc45)nc(-c4ccccc4)n3)c2C(c2ccccc2)=CC1. The van der Waals surface area contributed by atoms with Gasteiger partial charge in [0.1, 0.15) is 0 Å². The van der Waals surface area contributed by atoms with Gasteiger partial charge in [-0.25, -0.2) is 9.97 Å². The third-order valence-corrected chi connectivity index (χ3v) is 8.53. The Labute approximate surface area is 263 Å². The van der Waals surface area contributed by atoms with Crippen LogP contribution in [0.15, 0.2) is 164 Å². The van der Waals surface area contributed by atoms with Crippen molar-refractivity contribution >= 4 is 22.4 Å². The summed E-state index contributed by atoms with van der Waals surface area (Å²) < 4.78 is 0. The Hall–Kier alpha value is -5.86. The van der Waals surface area contributed by atoms with E-state index in [1.165, 1.54) is 44.2 Å². The molecule has 8 rings (SSSR count). The molecular formula is C43H30N2. The fraction of sp³-hybridized carbons (Fsp3) is 0.0233. The van der Waals surface area contributed by atoms with Gasteiger partial charge in [-0.15, -0.1) is 0 Å². The number of benzene rings is 6. The van der Waals surface area contributed by atoms with Crippen molar-refractivity contribution in [1.82, 2.24) is 9.97 Å². The van der Waals surface area contributed by atoms with E-state index in [2.05, 4.69) is 152 Å². The summed E-state index contributed by atoms with van der Waals surface area (Å²) in [5.74, 6) is 0.714. The minimum Gasteiger partial charge on any atom is -0.228 e. The molecule has 2 heteroatoms. The topological polar surface area (TPSA) is 25.8 Å². The first-order chi connectivity index (χ1) is 22.3. The average Bonchev–Trinajstić information content (AvgIpc) is 3.35. The molecule has 0 atom stereocenters. The van der Waals surface area contributed by atoms with Crippen LogP contribution in [0.5, 0.6) is 0 Å². The maximum absolute atomic E-state index is 5.25. The van der Waals surface area contributed by atoms with Crippen molar-refractivity contribution in [2.75, 3.05) is 0 Å². The van der Waals surface area contributed by atoms with Crippen LogP contribution in [0, 0.1) is 0 Å². The summed E-state index contributed by atoms with van der Waals surface area (Å²) in [6.07, 6.45) is 7.68. The first-order valence-corrected chi connectivity index (χ1v) is 15.4. The normalized spacial score (nSPS) is 12.4. The van der Waals surface area contributed by atoms with E-state index >= 15 is 0 Å². The summed E-state index contributed by atoms with van der Waals surface area (Å²) in [5, 5.41) is 2.37. The largest absolute Gasteiger partial charge is 0.228 e. The number of rotatable bonds is 5. The molecule has 7 aromatic rings. The van der Waals surface area contributed by atoms with Gasteiger partial charge in [0.15, 0.2) is 5.82 Å². The van der Waals surface area contributed by atoms with Gasteiger partial charge in [-0.3, -0.25) is 0 Å². The molecule has 0 saturated heterocycles. The fourth-order valence-corrected chi connectivity index (χ4v) is 6.42. The maximum atomic E-state index is 5.25. The molecule has 45 heavy (non-hydrogen) atoms. The number of hydrogen-bond acceptors (Lipinski definition) is 2. The Kier molecular flexibility index (Phi) is 6.94. The molecule has 1 aliphatic carbocycles. The lowest BCUT2D eigenvalue weighted by molar-refractivity contribution is 1.18. The van der Waals surface area contributed by atoms with Crippen LogP contribution in [-0.2, 0) is 0 Å². The fourth-order valence-electron chi connectivity index (χ4n) is 6.42. The van der Waals surface area contributed by atoms with Crippen molar-refractivity contribution in [3.05, 3.63) is 181 Å². The van der Waals surface area contributed by atoms with Crippen LogP contribution in [0.3, 0.4) is 0 Å². The van der Waals surface area contributed by atoms with Crippen LogP contribution in [0.1, 0.15) is 23.1 Å². The van der Waals surface area contributed by atoms with Crippen molar-refractivity contribution in [3.8, 4) is 45.0 Å². The second kappa shape index (κ2) is 11.7. The van der Waals surface area contributed by atoms with E-state index in [0.29, 0.717) is 5.82 Å². The van der Waals surface area contributed by atoms with Gasteiger partial charge in [0, 0.05) is 16.7 Å². The summed E-state index contributed by atoms with van der Waals surface area (Å²) in [4.78, 5) is 10.5. The second-order valence-corrected chi connectivity index (χ2v) is 11.3. The molecule has 0 fully saturated rings. The van der Waals surface area contributed by atoms with E-state index in [0.717, 1.165) is 34.5 Å². The standard InChI is InChI=1S/C43H30N2/c1-4-15-30(16-5-1)34-27-28-38(37-25-13-12-24-36(34)37)40-29-41(45-43(44-40)33-20-8-3-9-21-33)39-26-14-22-32-19-10-11-23-35(42(32)39)31-17-6-2-7-18-31/h1-10,12-29H,11H2. The molecule has 0 bridgehead atoms. The number of aromatic nitrogens is 2. The summed E-state index contributed by atoms with van der Waals surface area (Å²) in [6.45, 7) is 0. The molecule has 0 spiro atoms. The number of fused-ring (bicyclic) bond motifs is 2. The highest BCUT2D eigenvalue weighted by atomic mass is 14.9. The van der Waals surface area contributed by atoms with Crippen LogP contribution >= 0.6 is 0 Å². The van der Waals surface area contributed by atoms with Crippen LogP contribution in [0.2, 0.25) is 0 Å². The first-order valence-electron chi connectivity index (χ1n) is 15.4. The zero-order valence-electron chi connectivity index (χ0n) is 24.8. The van der Waals surface area contributed by atoms with Crippen molar-refractivity contribution in [2.45, 2.75) is 6.42 Å². The Balaban J connectivity index is 1.38. The molecule has 6 aromatic carbocycles.